The van der Waals surface area contributed by atoms with E-state index in [1.807, 2.05) is 6.07 Å². The fraction of sp³-hybridized carbons (Fsp3) is 0.333. The zero-order chi connectivity index (χ0) is 11.5. The first-order valence-electron chi connectivity index (χ1n) is 4.23. The second kappa shape index (κ2) is 4.75. The van der Waals surface area contributed by atoms with Crippen LogP contribution in [-0.4, -0.2) is 33.3 Å². The van der Waals surface area contributed by atoms with Crippen LogP contribution in [0, 0.1) is 3.57 Å². The SMILES string of the molecule is CC(O)(CNc1ccc(I)cn1)C(=O)O. The minimum Gasteiger partial charge on any atom is -0.479 e. The first-order valence-corrected chi connectivity index (χ1v) is 5.31. The van der Waals surface area contributed by atoms with Gasteiger partial charge in [-0.3, -0.25) is 0 Å². The van der Waals surface area contributed by atoms with Crippen molar-refractivity contribution in [2.75, 3.05) is 11.9 Å². The fourth-order valence-corrected chi connectivity index (χ4v) is 1.14. The maximum absolute atomic E-state index is 10.6. The first kappa shape index (κ1) is 12.2. The van der Waals surface area contributed by atoms with Gasteiger partial charge in [-0.25, -0.2) is 9.78 Å². The summed E-state index contributed by atoms with van der Waals surface area (Å²) in [5.74, 6) is -0.725. The van der Waals surface area contributed by atoms with Gasteiger partial charge in [0, 0.05) is 9.77 Å². The van der Waals surface area contributed by atoms with Crippen molar-refractivity contribution < 1.29 is 15.0 Å². The van der Waals surface area contributed by atoms with Crippen LogP contribution in [-0.2, 0) is 4.79 Å². The Balaban J connectivity index is 2.57. The molecule has 0 aliphatic heterocycles. The maximum Gasteiger partial charge on any atom is 0.337 e. The zero-order valence-electron chi connectivity index (χ0n) is 8.07. The molecular weight excluding hydrogens is 311 g/mol. The quantitative estimate of drug-likeness (QED) is 0.719. The number of hydrogen-bond donors (Lipinski definition) is 3. The molecule has 82 valence electrons. The fourth-order valence-electron chi connectivity index (χ4n) is 0.819. The summed E-state index contributed by atoms with van der Waals surface area (Å²) < 4.78 is 0.989. The van der Waals surface area contributed by atoms with Gasteiger partial charge in [-0.05, 0) is 41.6 Å². The molecule has 0 saturated heterocycles. The van der Waals surface area contributed by atoms with E-state index in [0.717, 1.165) is 3.57 Å². The molecule has 5 nitrogen and oxygen atoms in total. The summed E-state index contributed by atoms with van der Waals surface area (Å²) in [6.07, 6.45) is 1.65. The van der Waals surface area contributed by atoms with E-state index in [-0.39, 0.29) is 6.54 Å². The van der Waals surface area contributed by atoms with Crippen molar-refractivity contribution in [2.45, 2.75) is 12.5 Å². The Morgan fingerprint density at radius 3 is 2.80 bits per heavy atom. The number of halogens is 1. The van der Waals surface area contributed by atoms with E-state index in [0.29, 0.717) is 5.82 Å². The van der Waals surface area contributed by atoms with E-state index in [1.54, 1.807) is 12.3 Å². The maximum atomic E-state index is 10.6. The monoisotopic (exact) mass is 322 g/mol. The van der Waals surface area contributed by atoms with Gasteiger partial charge in [-0.2, -0.15) is 0 Å². The van der Waals surface area contributed by atoms with Crippen LogP contribution in [0.1, 0.15) is 6.92 Å². The summed E-state index contributed by atoms with van der Waals surface area (Å²) in [5, 5.41) is 20.8. The molecule has 1 heterocycles. The lowest BCUT2D eigenvalue weighted by atomic mass is 10.1. The molecule has 0 bridgehead atoms. The normalized spacial score (nSPS) is 14.3. The number of aliphatic carboxylic acids is 1. The number of nitrogens with one attached hydrogen (secondary N) is 1. The molecule has 3 N–H and O–H groups in total. The van der Waals surface area contributed by atoms with Crippen LogP contribution in [0.5, 0.6) is 0 Å². The average Bonchev–Trinajstić information content (AvgIpc) is 2.17. The highest BCUT2D eigenvalue weighted by Crippen LogP contribution is 2.09. The highest BCUT2D eigenvalue weighted by Gasteiger charge is 2.29. The minimum atomic E-state index is -1.79. The molecule has 1 unspecified atom stereocenters. The second-order valence-electron chi connectivity index (χ2n) is 3.29. The van der Waals surface area contributed by atoms with Crippen LogP contribution >= 0.6 is 22.6 Å². The van der Waals surface area contributed by atoms with Gasteiger partial charge in [0.25, 0.3) is 0 Å². The number of hydrogen-bond acceptors (Lipinski definition) is 4. The number of rotatable bonds is 4. The smallest absolute Gasteiger partial charge is 0.337 e. The largest absolute Gasteiger partial charge is 0.479 e. The third-order valence-electron chi connectivity index (χ3n) is 1.80. The number of anilines is 1. The van der Waals surface area contributed by atoms with Crippen molar-refractivity contribution in [1.29, 1.82) is 0 Å². The molecule has 1 rings (SSSR count). The van der Waals surface area contributed by atoms with Gasteiger partial charge in [0.05, 0.1) is 6.54 Å². The summed E-state index contributed by atoms with van der Waals surface area (Å²) in [6.45, 7) is 1.14. The molecule has 15 heavy (non-hydrogen) atoms. The van der Waals surface area contributed by atoms with Crippen LogP contribution in [0.3, 0.4) is 0 Å². The molecule has 0 amide bonds. The Morgan fingerprint density at radius 2 is 2.33 bits per heavy atom. The predicted octanol–water partition coefficient (Wildman–Crippen LogP) is 0.934. The molecule has 0 aliphatic rings. The van der Waals surface area contributed by atoms with E-state index in [2.05, 4.69) is 32.9 Å². The number of carboxylic acid groups (broad SMARTS) is 1. The van der Waals surface area contributed by atoms with E-state index >= 15 is 0 Å². The van der Waals surface area contributed by atoms with Gasteiger partial charge in [0.15, 0.2) is 5.60 Å². The van der Waals surface area contributed by atoms with E-state index in [9.17, 15) is 9.90 Å². The highest BCUT2D eigenvalue weighted by molar-refractivity contribution is 14.1. The van der Waals surface area contributed by atoms with E-state index < -0.39 is 11.6 Å². The van der Waals surface area contributed by atoms with Crippen LogP contribution in [0.2, 0.25) is 0 Å². The van der Waals surface area contributed by atoms with Crippen molar-refractivity contribution in [3.05, 3.63) is 21.9 Å². The second-order valence-corrected chi connectivity index (χ2v) is 4.54. The Bertz CT molecular complexity index is 351. The number of carboxylic acids is 1. The predicted molar refractivity (Wildman–Crippen MR) is 63.7 cm³/mol. The van der Waals surface area contributed by atoms with Crippen LogP contribution in [0.4, 0.5) is 5.82 Å². The highest BCUT2D eigenvalue weighted by atomic mass is 127. The summed E-state index contributed by atoms with van der Waals surface area (Å²) in [7, 11) is 0. The molecule has 0 aliphatic carbocycles. The van der Waals surface area contributed by atoms with Gasteiger partial charge in [-0.15, -0.1) is 0 Å². The summed E-state index contributed by atoms with van der Waals surface area (Å²) in [6, 6.07) is 3.56. The topological polar surface area (TPSA) is 82.5 Å². The van der Waals surface area contributed by atoms with Crippen molar-refractivity contribution >= 4 is 34.4 Å². The Labute approximate surface area is 101 Å². The van der Waals surface area contributed by atoms with Gasteiger partial charge in [0.2, 0.25) is 0 Å². The molecule has 0 spiro atoms. The first-order chi connectivity index (χ1) is 6.92. The number of aliphatic hydroxyl groups is 1. The van der Waals surface area contributed by atoms with Crippen LogP contribution in [0.25, 0.3) is 0 Å². The third-order valence-corrected chi connectivity index (χ3v) is 2.44. The molecular formula is C9H11IN2O3. The molecule has 0 fully saturated rings. The standard InChI is InChI=1S/C9H11IN2O3/c1-9(15,8(13)14)5-12-7-3-2-6(10)4-11-7/h2-4,15H,5H2,1H3,(H,11,12)(H,13,14). The molecule has 1 aromatic heterocycles. The van der Waals surface area contributed by atoms with Gasteiger partial charge in [-0.1, -0.05) is 0 Å². The number of nitrogens with zero attached hydrogens (tertiary/aromatic N) is 1. The van der Waals surface area contributed by atoms with Crippen LogP contribution < -0.4 is 5.32 Å². The number of pyridine rings is 1. The average molecular weight is 322 g/mol. The zero-order valence-corrected chi connectivity index (χ0v) is 10.2. The van der Waals surface area contributed by atoms with Crippen molar-refractivity contribution in [2.24, 2.45) is 0 Å². The third kappa shape index (κ3) is 3.63. The molecule has 0 aromatic carbocycles. The molecule has 6 heteroatoms. The lowest BCUT2D eigenvalue weighted by molar-refractivity contribution is -0.155. The molecule has 1 atom stereocenters. The van der Waals surface area contributed by atoms with Gasteiger partial charge >= 0.3 is 5.97 Å². The Kier molecular flexibility index (Phi) is 3.86. The van der Waals surface area contributed by atoms with Crippen LogP contribution in [0.15, 0.2) is 18.3 Å². The van der Waals surface area contributed by atoms with Gasteiger partial charge < -0.3 is 15.5 Å². The molecule has 1 aromatic rings. The van der Waals surface area contributed by atoms with Crippen molar-refractivity contribution in [1.82, 2.24) is 4.98 Å². The Morgan fingerprint density at radius 1 is 1.67 bits per heavy atom. The lowest BCUT2D eigenvalue weighted by Gasteiger charge is -2.18. The van der Waals surface area contributed by atoms with Crippen molar-refractivity contribution in [3.63, 3.8) is 0 Å². The lowest BCUT2D eigenvalue weighted by Crippen LogP contribution is -2.41. The Hall–Kier alpha value is -0.890. The molecule has 0 radical (unpaired) electrons. The van der Waals surface area contributed by atoms with Crippen molar-refractivity contribution in [3.8, 4) is 0 Å². The summed E-state index contributed by atoms with van der Waals surface area (Å²) in [5.41, 5.74) is -1.79. The molecule has 0 saturated carbocycles. The summed E-state index contributed by atoms with van der Waals surface area (Å²) >= 11 is 2.12. The van der Waals surface area contributed by atoms with E-state index in [1.165, 1.54) is 6.92 Å². The minimum absolute atomic E-state index is 0.0874. The summed E-state index contributed by atoms with van der Waals surface area (Å²) in [4.78, 5) is 14.6. The number of aromatic nitrogens is 1. The van der Waals surface area contributed by atoms with E-state index in [4.69, 9.17) is 5.11 Å². The number of carbonyl (C=O) groups is 1. The van der Waals surface area contributed by atoms with Gasteiger partial charge in [0.1, 0.15) is 5.82 Å².